The van der Waals surface area contributed by atoms with Gasteiger partial charge in [0.1, 0.15) is 0 Å². The fourth-order valence-corrected chi connectivity index (χ4v) is 10.7. The van der Waals surface area contributed by atoms with E-state index in [1.807, 2.05) is 0 Å². The standard InChI is InChI=1S/C19H39NO2Si/c1-8-9-10-17-13-18-19(11-12-20(18)21-17)22-23(14(2)3,15(4)5)16(6)7/h14-19H,8-13H2,1-7H3/t17-,18+,19-/m0/s1. The van der Waals surface area contributed by atoms with Gasteiger partial charge in [-0.2, -0.15) is 5.06 Å². The van der Waals surface area contributed by atoms with Crippen molar-refractivity contribution in [2.24, 2.45) is 0 Å². The normalized spacial score (nSPS) is 29.2. The summed E-state index contributed by atoms with van der Waals surface area (Å²) < 4.78 is 7.07. The van der Waals surface area contributed by atoms with E-state index in [1.165, 1.54) is 25.7 Å². The second kappa shape index (κ2) is 7.98. The van der Waals surface area contributed by atoms with Crippen molar-refractivity contribution in [1.82, 2.24) is 5.06 Å². The van der Waals surface area contributed by atoms with Crippen molar-refractivity contribution in [2.75, 3.05) is 6.54 Å². The molecule has 2 saturated heterocycles. The summed E-state index contributed by atoms with van der Waals surface area (Å²) in [4.78, 5) is 6.18. The molecule has 2 aliphatic rings. The second-order valence-electron chi connectivity index (χ2n) is 8.58. The van der Waals surface area contributed by atoms with E-state index in [9.17, 15) is 0 Å². The molecule has 2 rings (SSSR count). The molecule has 0 aliphatic carbocycles. The fourth-order valence-electron chi connectivity index (χ4n) is 5.11. The average molecular weight is 342 g/mol. The summed E-state index contributed by atoms with van der Waals surface area (Å²) in [6, 6.07) is 0.500. The van der Waals surface area contributed by atoms with Crippen molar-refractivity contribution in [2.45, 2.75) is 115 Å². The molecule has 0 unspecified atom stereocenters. The van der Waals surface area contributed by atoms with Crippen molar-refractivity contribution in [3.63, 3.8) is 0 Å². The van der Waals surface area contributed by atoms with Crippen molar-refractivity contribution >= 4 is 8.32 Å². The van der Waals surface area contributed by atoms with E-state index in [4.69, 9.17) is 9.26 Å². The fraction of sp³-hybridized carbons (Fsp3) is 1.00. The van der Waals surface area contributed by atoms with Crippen LogP contribution in [0.4, 0.5) is 0 Å². The van der Waals surface area contributed by atoms with Gasteiger partial charge in [0.15, 0.2) is 0 Å². The Labute approximate surface area is 145 Å². The molecule has 4 heteroatoms. The number of hydrogen-bond donors (Lipinski definition) is 0. The lowest BCUT2D eigenvalue weighted by atomic mass is 10.0. The van der Waals surface area contributed by atoms with Crippen molar-refractivity contribution in [3.05, 3.63) is 0 Å². The van der Waals surface area contributed by atoms with Crippen LogP contribution in [0.3, 0.4) is 0 Å². The van der Waals surface area contributed by atoms with Crippen molar-refractivity contribution in [3.8, 4) is 0 Å². The molecule has 0 aromatic heterocycles. The number of unbranched alkanes of at least 4 members (excludes halogenated alkanes) is 1. The Morgan fingerprint density at radius 2 is 1.70 bits per heavy atom. The first kappa shape index (κ1) is 19.4. The number of hydroxylamine groups is 2. The Kier molecular flexibility index (Phi) is 6.74. The highest BCUT2D eigenvalue weighted by atomic mass is 28.4. The van der Waals surface area contributed by atoms with Crippen LogP contribution in [0, 0.1) is 0 Å². The highest BCUT2D eigenvalue weighted by molar-refractivity contribution is 6.77. The van der Waals surface area contributed by atoms with E-state index < -0.39 is 8.32 Å². The molecule has 0 spiro atoms. The van der Waals surface area contributed by atoms with Gasteiger partial charge in [-0.05, 0) is 35.9 Å². The zero-order chi connectivity index (χ0) is 17.2. The summed E-state index contributed by atoms with van der Waals surface area (Å²) in [7, 11) is -1.78. The molecule has 0 amide bonds. The minimum absolute atomic E-state index is 0.389. The molecule has 0 saturated carbocycles. The van der Waals surface area contributed by atoms with Crippen molar-refractivity contribution < 1.29 is 9.26 Å². The molecular formula is C19H39NO2Si. The molecule has 3 atom stereocenters. The van der Waals surface area contributed by atoms with Gasteiger partial charge in [0.2, 0.25) is 8.32 Å². The van der Waals surface area contributed by atoms with E-state index in [2.05, 4.69) is 53.5 Å². The maximum absolute atomic E-state index is 7.07. The maximum Gasteiger partial charge on any atom is 0.200 e. The van der Waals surface area contributed by atoms with Gasteiger partial charge >= 0.3 is 0 Å². The summed E-state index contributed by atoms with van der Waals surface area (Å²) in [5.41, 5.74) is 1.99. The Morgan fingerprint density at radius 1 is 1.09 bits per heavy atom. The zero-order valence-corrected chi connectivity index (χ0v) is 17.5. The minimum Gasteiger partial charge on any atom is -0.411 e. The van der Waals surface area contributed by atoms with E-state index >= 15 is 0 Å². The van der Waals surface area contributed by atoms with Crippen LogP contribution < -0.4 is 0 Å². The lowest BCUT2D eigenvalue weighted by Gasteiger charge is -2.44. The van der Waals surface area contributed by atoms with Gasteiger partial charge in [0.05, 0.1) is 18.2 Å². The monoisotopic (exact) mass is 341 g/mol. The molecular weight excluding hydrogens is 302 g/mol. The van der Waals surface area contributed by atoms with Crippen LogP contribution in [-0.4, -0.2) is 38.2 Å². The van der Waals surface area contributed by atoms with Gasteiger partial charge in [-0.3, -0.25) is 4.84 Å². The molecule has 3 nitrogen and oxygen atoms in total. The van der Waals surface area contributed by atoms with Crippen LogP contribution >= 0.6 is 0 Å². The third-order valence-corrected chi connectivity index (χ3v) is 12.3. The van der Waals surface area contributed by atoms with Crippen LogP contribution in [-0.2, 0) is 9.26 Å². The highest BCUT2D eigenvalue weighted by Crippen LogP contribution is 2.45. The molecule has 0 aromatic carbocycles. The molecule has 2 fully saturated rings. The highest BCUT2D eigenvalue weighted by Gasteiger charge is 2.51. The third-order valence-electron chi connectivity index (χ3n) is 6.16. The van der Waals surface area contributed by atoms with Gasteiger partial charge in [0.25, 0.3) is 0 Å². The molecule has 0 aromatic rings. The Hall–Kier alpha value is 0.0969. The topological polar surface area (TPSA) is 21.7 Å². The lowest BCUT2D eigenvalue weighted by Crippen LogP contribution is -2.52. The van der Waals surface area contributed by atoms with Crippen LogP contribution in [0.15, 0.2) is 0 Å². The first-order valence-electron chi connectivity index (χ1n) is 9.94. The summed E-state index contributed by atoms with van der Waals surface area (Å²) in [6.07, 6.45) is 6.88. The summed E-state index contributed by atoms with van der Waals surface area (Å²) in [6.45, 7) is 17.6. The predicted octanol–water partition coefficient (Wildman–Crippen LogP) is 5.52. The number of hydrogen-bond acceptors (Lipinski definition) is 3. The Morgan fingerprint density at radius 3 is 2.22 bits per heavy atom. The lowest BCUT2D eigenvalue weighted by molar-refractivity contribution is -0.152. The zero-order valence-electron chi connectivity index (χ0n) is 16.5. The molecule has 0 N–H and O–H groups in total. The van der Waals surface area contributed by atoms with E-state index in [1.54, 1.807) is 0 Å². The summed E-state index contributed by atoms with van der Waals surface area (Å²) in [5.74, 6) is 0. The first-order valence-corrected chi connectivity index (χ1v) is 12.1. The molecule has 2 aliphatic heterocycles. The average Bonchev–Trinajstić information content (AvgIpc) is 3.01. The Bertz CT molecular complexity index is 351. The minimum atomic E-state index is -1.78. The molecule has 2 heterocycles. The maximum atomic E-state index is 7.07. The van der Waals surface area contributed by atoms with Crippen LogP contribution in [0.25, 0.3) is 0 Å². The number of nitrogens with zero attached hydrogens (tertiary/aromatic N) is 1. The number of rotatable bonds is 8. The van der Waals surface area contributed by atoms with Gasteiger partial charge in [-0.15, -0.1) is 0 Å². The smallest absolute Gasteiger partial charge is 0.200 e. The van der Waals surface area contributed by atoms with E-state index in [0.29, 0.717) is 34.9 Å². The quantitative estimate of drug-likeness (QED) is 0.543. The SMILES string of the molecule is CCCC[C@H]1C[C@@H]2[C@@H](O[Si](C(C)C)(C(C)C)C(C)C)CCN2O1. The summed E-state index contributed by atoms with van der Waals surface area (Å²) >= 11 is 0. The second-order valence-corrected chi connectivity index (χ2v) is 14.0. The van der Waals surface area contributed by atoms with Crippen molar-refractivity contribution in [1.29, 1.82) is 0 Å². The van der Waals surface area contributed by atoms with E-state index in [0.717, 1.165) is 13.0 Å². The molecule has 23 heavy (non-hydrogen) atoms. The van der Waals surface area contributed by atoms with Gasteiger partial charge in [-0.1, -0.05) is 61.3 Å². The van der Waals surface area contributed by atoms with Gasteiger partial charge in [0, 0.05) is 6.54 Å². The van der Waals surface area contributed by atoms with E-state index in [-0.39, 0.29) is 0 Å². The van der Waals surface area contributed by atoms with Crippen LogP contribution in [0.2, 0.25) is 16.6 Å². The van der Waals surface area contributed by atoms with Gasteiger partial charge in [-0.25, -0.2) is 0 Å². The first-order chi connectivity index (χ1) is 10.8. The predicted molar refractivity (Wildman–Crippen MR) is 100 cm³/mol. The third kappa shape index (κ3) is 3.86. The molecule has 0 radical (unpaired) electrons. The van der Waals surface area contributed by atoms with Crippen LogP contribution in [0.1, 0.15) is 80.6 Å². The Balaban J connectivity index is 2.07. The van der Waals surface area contributed by atoms with Crippen LogP contribution in [0.5, 0.6) is 0 Å². The molecule has 0 bridgehead atoms. The number of fused-ring (bicyclic) bond motifs is 1. The molecule has 136 valence electrons. The largest absolute Gasteiger partial charge is 0.411 e. The van der Waals surface area contributed by atoms with Gasteiger partial charge < -0.3 is 4.43 Å². The summed E-state index contributed by atoms with van der Waals surface area (Å²) in [5, 5.41) is 2.26.